The summed E-state index contributed by atoms with van der Waals surface area (Å²) in [5, 5.41) is 0. The van der Waals surface area contributed by atoms with Crippen molar-refractivity contribution in [1.29, 1.82) is 0 Å². The van der Waals surface area contributed by atoms with Crippen LogP contribution in [0, 0.1) is 0 Å². The third-order valence-electron chi connectivity index (χ3n) is 4.75. The van der Waals surface area contributed by atoms with Gasteiger partial charge in [0, 0.05) is 26.2 Å². The van der Waals surface area contributed by atoms with E-state index in [1.165, 1.54) is 35.1 Å². The molecule has 1 heteroatoms. The monoisotopic (exact) mass is 334 g/mol. The van der Waals surface area contributed by atoms with E-state index in [1.807, 2.05) is 0 Å². The predicted octanol–water partition coefficient (Wildman–Crippen LogP) is 6.12. The summed E-state index contributed by atoms with van der Waals surface area (Å²) < 4.78 is 0. The first-order valence-electron chi connectivity index (χ1n) is 6.91. The van der Waals surface area contributed by atoms with Gasteiger partial charge in [-0.1, -0.05) is 22.3 Å². The zero-order chi connectivity index (χ0) is 14.0. The third kappa shape index (κ3) is 4.42. The van der Waals surface area contributed by atoms with Crippen LogP contribution in [0.2, 0.25) is 0 Å². The summed E-state index contributed by atoms with van der Waals surface area (Å²) in [7, 11) is 0. The Labute approximate surface area is 138 Å². The maximum absolute atomic E-state index is 2.22. The number of rotatable bonds is 0. The standard InChI is InChI=1S/2C9H14.Zr/c2*1-6-5-7(2)9(4)8(6)3;/h2*5H2,1-4H3;. The van der Waals surface area contributed by atoms with E-state index >= 15 is 0 Å². The molecule has 0 heterocycles. The first-order chi connectivity index (χ1) is 8.25. The Kier molecular flexibility index (Phi) is 7.52. The Hall–Kier alpha value is -0.157. The van der Waals surface area contributed by atoms with Crippen molar-refractivity contribution in [2.75, 3.05) is 0 Å². The summed E-state index contributed by atoms with van der Waals surface area (Å²) in [4.78, 5) is 0. The van der Waals surface area contributed by atoms with Crippen molar-refractivity contribution >= 4 is 0 Å². The number of hydrogen-bond acceptors (Lipinski definition) is 0. The van der Waals surface area contributed by atoms with Crippen LogP contribution in [0.15, 0.2) is 44.6 Å². The zero-order valence-electron chi connectivity index (χ0n) is 13.9. The average Bonchev–Trinajstić information content (AvgIpc) is 2.66. The van der Waals surface area contributed by atoms with E-state index < -0.39 is 0 Å². The molecule has 0 nitrogen and oxygen atoms in total. The minimum atomic E-state index is 0. The van der Waals surface area contributed by atoms with Crippen LogP contribution in [0.1, 0.15) is 68.2 Å². The van der Waals surface area contributed by atoms with Crippen molar-refractivity contribution in [2.45, 2.75) is 68.2 Å². The van der Waals surface area contributed by atoms with Gasteiger partial charge in [0.25, 0.3) is 0 Å². The molecule has 0 spiro atoms. The van der Waals surface area contributed by atoms with Gasteiger partial charge in [0.15, 0.2) is 0 Å². The molecule has 104 valence electrons. The summed E-state index contributed by atoms with van der Waals surface area (Å²) >= 11 is 0. The molecule has 0 aromatic heterocycles. The molecular formula is C18H28Zr. The summed E-state index contributed by atoms with van der Waals surface area (Å²) in [6, 6.07) is 0. The average molecular weight is 336 g/mol. The van der Waals surface area contributed by atoms with Gasteiger partial charge in [-0.05, 0) is 90.5 Å². The first-order valence-corrected chi connectivity index (χ1v) is 6.91. The van der Waals surface area contributed by atoms with E-state index in [0.717, 1.165) is 0 Å². The molecule has 0 N–H and O–H groups in total. The second-order valence-electron chi connectivity index (χ2n) is 5.97. The fourth-order valence-corrected chi connectivity index (χ4v) is 2.61. The summed E-state index contributed by atoms with van der Waals surface area (Å²) in [5.41, 5.74) is 12.2. The van der Waals surface area contributed by atoms with Gasteiger partial charge in [0.2, 0.25) is 0 Å². The zero-order valence-corrected chi connectivity index (χ0v) is 16.4. The fourth-order valence-electron chi connectivity index (χ4n) is 2.61. The molecule has 0 saturated heterocycles. The maximum Gasteiger partial charge on any atom is 0 e. The molecule has 0 fully saturated rings. The third-order valence-corrected chi connectivity index (χ3v) is 4.75. The molecule has 0 saturated carbocycles. The van der Waals surface area contributed by atoms with Crippen molar-refractivity contribution in [3.63, 3.8) is 0 Å². The minimum absolute atomic E-state index is 0. The fraction of sp³-hybridized carbons (Fsp3) is 0.556. The van der Waals surface area contributed by atoms with Crippen molar-refractivity contribution in [3.8, 4) is 0 Å². The Balaban J connectivity index is 0.000000324. The van der Waals surface area contributed by atoms with Crippen LogP contribution in [0.4, 0.5) is 0 Å². The van der Waals surface area contributed by atoms with E-state index in [4.69, 9.17) is 0 Å². The van der Waals surface area contributed by atoms with Crippen LogP contribution in [-0.2, 0) is 26.2 Å². The number of allylic oxidation sites excluding steroid dienone is 8. The Morgan fingerprint density at radius 3 is 0.632 bits per heavy atom. The van der Waals surface area contributed by atoms with Crippen molar-refractivity contribution in [3.05, 3.63) is 44.6 Å². The van der Waals surface area contributed by atoms with Gasteiger partial charge in [-0.2, -0.15) is 0 Å². The molecule has 0 aromatic rings. The maximum atomic E-state index is 2.22. The van der Waals surface area contributed by atoms with Crippen LogP contribution in [-0.4, -0.2) is 0 Å². The van der Waals surface area contributed by atoms with E-state index in [9.17, 15) is 0 Å². The Morgan fingerprint density at radius 1 is 0.421 bits per heavy atom. The second kappa shape index (κ2) is 7.58. The smallest absolute Gasteiger partial charge is 0 e. The van der Waals surface area contributed by atoms with Crippen molar-refractivity contribution in [2.24, 2.45) is 0 Å². The second-order valence-corrected chi connectivity index (χ2v) is 5.97. The summed E-state index contributed by atoms with van der Waals surface area (Å²) in [6.45, 7) is 17.7. The Morgan fingerprint density at radius 2 is 0.579 bits per heavy atom. The molecule has 19 heavy (non-hydrogen) atoms. The van der Waals surface area contributed by atoms with Gasteiger partial charge >= 0.3 is 0 Å². The number of hydrogen-bond donors (Lipinski definition) is 0. The molecule has 0 aromatic carbocycles. The molecule has 0 unspecified atom stereocenters. The molecule has 0 bridgehead atoms. The Bertz CT molecular complexity index is 392. The summed E-state index contributed by atoms with van der Waals surface area (Å²) in [6.07, 6.45) is 2.41. The van der Waals surface area contributed by atoms with E-state index in [2.05, 4.69) is 55.4 Å². The van der Waals surface area contributed by atoms with Crippen LogP contribution in [0.25, 0.3) is 0 Å². The minimum Gasteiger partial charge on any atom is -0.0661 e. The SMILES string of the molecule is CC1=C(C)C(C)=C(C)C1.CC1=C(C)C(C)=C(C)C1.[Zr]. The van der Waals surface area contributed by atoms with Crippen LogP contribution < -0.4 is 0 Å². The van der Waals surface area contributed by atoms with Crippen LogP contribution >= 0.6 is 0 Å². The van der Waals surface area contributed by atoms with Gasteiger partial charge < -0.3 is 0 Å². The van der Waals surface area contributed by atoms with Gasteiger partial charge in [-0.3, -0.25) is 0 Å². The molecule has 2 rings (SSSR count). The first kappa shape index (κ1) is 18.8. The normalized spacial score (nSPS) is 18.9. The van der Waals surface area contributed by atoms with Gasteiger partial charge in [0.1, 0.15) is 0 Å². The van der Waals surface area contributed by atoms with E-state index in [0.29, 0.717) is 0 Å². The molecular weight excluding hydrogens is 307 g/mol. The van der Waals surface area contributed by atoms with Crippen molar-refractivity contribution < 1.29 is 26.2 Å². The van der Waals surface area contributed by atoms with Gasteiger partial charge in [-0.15, -0.1) is 0 Å². The topological polar surface area (TPSA) is 0 Å². The molecule has 0 aliphatic heterocycles. The van der Waals surface area contributed by atoms with Crippen molar-refractivity contribution in [1.82, 2.24) is 0 Å². The molecule has 0 atom stereocenters. The van der Waals surface area contributed by atoms with Crippen LogP contribution in [0.3, 0.4) is 0 Å². The quantitative estimate of drug-likeness (QED) is 0.500. The predicted molar refractivity (Wildman–Crippen MR) is 82.7 cm³/mol. The molecule has 2 aliphatic carbocycles. The molecule has 0 amide bonds. The van der Waals surface area contributed by atoms with Gasteiger partial charge in [-0.25, -0.2) is 0 Å². The van der Waals surface area contributed by atoms with E-state index in [1.54, 1.807) is 22.3 Å². The largest absolute Gasteiger partial charge is 0.0661 e. The van der Waals surface area contributed by atoms with E-state index in [-0.39, 0.29) is 26.2 Å². The van der Waals surface area contributed by atoms with Gasteiger partial charge in [0.05, 0.1) is 0 Å². The molecule has 0 radical (unpaired) electrons. The van der Waals surface area contributed by atoms with Crippen LogP contribution in [0.5, 0.6) is 0 Å². The summed E-state index contributed by atoms with van der Waals surface area (Å²) in [5.74, 6) is 0. The molecule has 2 aliphatic rings.